The number of fused-ring (bicyclic) bond motifs is 1. The van der Waals surface area contributed by atoms with Crippen LogP contribution in [0.4, 0.5) is 21.9 Å². The molecule has 0 saturated carbocycles. The molecule has 0 aliphatic carbocycles. The summed E-state index contributed by atoms with van der Waals surface area (Å²) in [7, 11) is 0.0320. The number of hydrogen-bond acceptors (Lipinski definition) is 4. The summed E-state index contributed by atoms with van der Waals surface area (Å²) in [6, 6.07) is 19.9. The number of urea groups is 1. The number of sulfonamides is 1. The van der Waals surface area contributed by atoms with Crippen LogP contribution >= 0.6 is 0 Å². The minimum atomic E-state index is -3.77. The van der Waals surface area contributed by atoms with Gasteiger partial charge in [-0.3, -0.25) is 4.72 Å². The summed E-state index contributed by atoms with van der Waals surface area (Å²) in [5.74, 6) is 0. The fourth-order valence-electron chi connectivity index (χ4n) is 4.00. The first kappa shape index (κ1) is 24.6. The molecule has 8 heteroatoms. The van der Waals surface area contributed by atoms with Crippen LogP contribution < -0.4 is 14.9 Å². The Labute approximate surface area is 207 Å². The highest BCUT2D eigenvalue weighted by atomic mass is 32.2. The summed E-state index contributed by atoms with van der Waals surface area (Å²) < 4.78 is 28.7. The van der Waals surface area contributed by atoms with Crippen LogP contribution in [0, 0.1) is 0 Å². The van der Waals surface area contributed by atoms with Crippen LogP contribution in [0.3, 0.4) is 0 Å². The van der Waals surface area contributed by atoms with Gasteiger partial charge in [-0.05, 0) is 64.6 Å². The quantitative estimate of drug-likeness (QED) is 0.500. The van der Waals surface area contributed by atoms with Crippen molar-refractivity contribution in [2.75, 3.05) is 29.0 Å². The van der Waals surface area contributed by atoms with Crippen LogP contribution in [0.15, 0.2) is 71.6 Å². The van der Waals surface area contributed by atoms with Gasteiger partial charge in [0.2, 0.25) is 0 Å². The first-order chi connectivity index (χ1) is 16.4. The second-order valence-corrected chi connectivity index (χ2v) is 11.8. The molecule has 1 aliphatic heterocycles. The van der Waals surface area contributed by atoms with Gasteiger partial charge >= 0.3 is 6.03 Å². The zero-order chi connectivity index (χ0) is 25.4. The third-order valence-corrected chi connectivity index (χ3v) is 7.49. The van der Waals surface area contributed by atoms with E-state index in [1.165, 1.54) is 5.56 Å². The molecule has 0 aromatic heterocycles. The topological polar surface area (TPSA) is 81.8 Å². The molecule has 4 rings (SSSR count). The number of anilines is 3. The normalized spacial score (nSPS) is 13.3. The lowest BCUT2D eigenvalue weighted by Gasteiger charge is -2.20. The van der Waals surface area contributed by atoms with Gasteiger partial charge in [-0.2, -0.15) is 0 Å². The third-order valence-electron chi connectivity index (χ3n) is 6.11. The van der Waals surface area contributed by atoms with Gasteiger partial charge in [-0.15, -0.1) is 0 Å². The van der Waals surface area contributed by atoms with E-state index in [9.17, 15) is 13.2 Å². The van der Waals surface area contributed by atoms with Gasteiger partial charge in [-0.25, -0.2) is 13.2 Å². The summed E-state index contributed by atoms with van der Waals surface area (Å²) in [5, 5.41) is 2.94. The summed E-state index contributed by atoms with van der Waals surface area (Å²) in [6.07, 6.45) is 0. The first-order valence-corrected chi connectivity index (χ1v) is 13.0. The van der Waals surface area contributed by atoms with Crippen molar-refractivity contribution < 1.29 is 13.2 Å². The van der Waals surface area contributed by atoms with E-state index >= 15 is 0 Å². The maximum Gasteiger partial charge on any atom is 0.322 e. The van der Waals surface area contributed by atoms with Crippen LogP contribution in [0.2, 0.25) is 0 Å². The molecular formula is C27H32N4O3S. The van der Waals surface area contributed by atoms with Crippen molar-refractivity contribution in [3.05, 3.63) is 83.4 Å². The second kappa shape index (κ2) is 9.26. The smallest absolute Gasteiger partial charge is 0.322 e. The van der Waals surface area contributed by atoms with Crippen molar-refractivity contribution in [3.8, 4) is 0 Å². The van der Waals surface area contributed by atoms with Gasteiger partial charge in [0.1, 0.15) is 0 Å². The first-order valence-electron chi connectivity index (χ1n) is 11.5. The summed E-state index contributed by atoms with van der Waals surface area (Å²) >= 11 is 0. The molecule has 0 unspecified atom stereocenters. The Morgan fingerprint density at radius 2 is 1.57 bits per heavy atom. The van der Waals surface area contributed by atoms with Crippen molar-refractivity contribution in [2.45, 2.75) is 44.2 Å². The molecule has 0 atom stereocenters. The van der Waals surface area contributed by atoms with Gasteiger partial charge in [0.15, 0.2) is 0 Å². The van der Waals surface area contributed by atoms with Crippen LogP contribution in [-0.2, 0) is 28.5 Å². The summed E-state index contributed by atoms with van der Waals surface area (Å²) in [6.45, 7) is 7.22. The standard InChI is InChI=1S/C27H32N4O3S/c1-27(2,3)21-10-12-22(13-11-21)28-26(32)31-17-19-9-14-25(15-20(19)18-31)35(33,34)29-23-7-6-8-24(16-23)30(4)5/h6-16,29H,17-18H2,1-5H3,(H,28,32). The van der Waals surface area contributed by atoms with E-state index in [-0.39, 0.29) is 16.3 Å². The lowest BCUT2D eigenvalue weighted by Crippen LogP contribution is -2.30. The Balaban J connectivity index is 1.44. The number of nitrogens with zero attached hydrogens (tertiary/aromatic N) is 2. The van der Waals surface area contributed by atoms with Crippen LogP contribution in [0.5, 0.6) is 0 Å². The monoisotopic (exact) mass is 492 g/mol. The molecule has 0 fully saturated rings. The van der Waals surface area contributed by atoms with E-state index in [2.05, 4.69) is 30.8 Å². The van der Waals surface area contributed by atoms with E-state index in [4.69, 9.17) is 0 Å². The SMILES string of the molecule is CN(C)c1cccc(NS(=O)(=O)c2ccc3c(c2)CN(C(=O)Nc2ccc(C(C)(C)C)cc2)C3)c1. The van der Waals surface area contributed by atoms with Crippen molar-refractivity contribution >= 4 is 33.1 Å². The fraction of sp³-hybridized carbons (Fsp3) is 0.296. The Kier molecular flexibility index (Phi) is 6.51. The van der Waals surface area contributed by atoms with Crippen LogP contribution in [0.25, 0.3) is 0 Å². The van der Waals surface area contributed by atoms with Crippen molar-refractivity contribution in [2.24, 2.45) is 0 Å². The number of carbonyl (C=O) groups is 1. The zero-order valence-corrected chi connectivity index (χ0v) is 21.6. The molecule has 2 N–H and O–H groups in total. The highest BCUT2D eigenvalue weighted by Crippen LogP contribution is 2.28. The average molecular weight is 493 g/mol. The molecule has 1 aliphatic rings. The molecule has 7 nitrogen and oxygen atoms in total. The van der Waals surface area contributed by atoms with E-state index in [1.54, 1.807) is 35.2 Å². The molecular weight excluding hydrogens is 460 g/mol. The van der Waals surface area contributed by atoms with E-state index < -0.39 is 10.0 Å². The Hall–Kier alpha value is -3.52. The summed E-state index contributed by atoms with van der Waals surface area (Å²) in [5.41, 5.74) is 5.13. The molecule has 3 aromatic carbocycles. The van der Waals surface area contributed by atoms with E-state index in [1.807, 2.05) is 55.4 Å². The van der Waals surface area contributed by atoms with Gasteiger partial charge in [0.05, 0.1) is 10.6 Å². The molecule has 0 saturated heterocycles. The van der Waals surface area contributed by atoms with Crippen LogP contribution in [0.1, 0.15) is 37.5 Å². The van der Waals surface area contributed by atoms with Crippen molar-refractivity contribution in [3.63, 3.8) is 0 Å². The Morgan fingerprint density at radius 3 is 2.23 bits per heavy atom. The highest BCUT2D eigenvalue weighted by molar-refractivity contribution is 7.92. The molecule has 0 radical (unpaired) electrons. The predicted molar refractivity (Wildman–Crippen MR) is 141 cm³/mol. The number of rotatable bonds is 5. The third kappa shape index (κ3) is 5.59. The lowest BCUT2D eigenvalue weighted by atomic mass is 9.87. The minimum absolute atomic E-state index is 0.0428. The number of amides is 2. The number of hydrogen-bond donors (Lipinski definition) is 2. The van der Waals surface area contributed by atoms with Crippen molar-refractivity contribution in [1.82, 2.24) is 4.90 Å². The van der Waals surface area contributed by atoms with Gasteiger partial charge in [0, 0.05) is 38.6 Å². The largest absolute Gasteiger partial charge is 0.378 e. The molecule has 2 amide bonds. The molecule has 1 heterocycles. The van der Waals surface area contributed by atoms with E-state index in [0.29, 0.717) is 18.8 Å². The second-order valence-electron chi connectivity index (χ2n) is 10.1. The molecule has 0 spiro atoms. The maximum absolute atomic E-state index is 13.0. The van der Waals surface area contributed by atoms with Gasteiger partial charge in [-0.1, -0.05) is 45.0 Å². The summed E-state index contributed by atoms with van der Waals surface area (Å²) in [4.78, 5) is 16.6. The number of benzene rings is 3. The van der Waals surface area contributed by atoms with E-state index in [0.717, 1.165) is 22.5 Å². The minimum Gasteiger partial charge on any atom is -0.378 e. The molecule has 3 aromatic rings. The van der Waals surface area contributed by atoms with Gasteiger partial charge in [0.25, 0.3) is 10.0 Å². The molecule has 184 valence electrons. The highest BCUT2D eigenvalue weighted by Gasteiger charge is 2.26. The Bertz CT molecular complexity index is 1340. The lowest BCUT2D eigenvalue weighted by molar-refractivity contribution is 0.212. The number of nitrogens with one attached hydrogen (secondary N) is 2. The Morgan fingerprint density at radius 1 is 0.886 bits per heavy atom. The number of carbonyl (C=O) groups excluding carboxylic acids is 1. The fourth-order valence-corrected chi connectivity index (χ4v) is 5.10. The average Bonchev–Trinajstić information content (AvgIpc) is 3.22. The van der Waals surface area contributed by atoms with Crippen LogP contribution in [-0.4, -0.2) is 33.4 Å². The maximum atomic E-state index is 13.0. The van der Waals surface area contributed by atoms with Crippen molar-refractivity contribution in [1.29, 1.82) is 0 Å². The zero-order valence-electron chi connectivity index (χ0n) is 20.8. The molecule has 0 bridgehead atoms. The molecule has 35 heavy (non-hydrogen) atoms. The van der Waals surface area contributed by atoms with Gasteiger partial charge < -0.3 is 15.1 Å². The predicted octanol–water partition coefficient (Wildman–Crippen LogP) is 5.40.